The highest BCUT2D eigenvalue weighted by atomic mass is 32.1. The summed E-state index contributed by atoms with van der Waals surface area (Å²) in [5.41, 5.74) is 5.61. The minimum atomic E-state index is 0.0423. The van der Waals surface area contributed by atoms with Gasteiger partial charge in [-0.2, -0.15) is 9.61 Å². The molecular formula is C10H15N5O2S. The first-order chi connectivity index (χ1) is 8.81. The van der Waals surface area contributed by atoms with Crippen molar-refractivity contribution in [3.8, 4) is 0 Å². The van der Waals surface area contributed by atoms with Gasteiger partial charge < -0.3 is 15.2 Å². The molecule has 2 atom stereocenters. The summed E-state index contributed by atoms with van der Waals surface area (Å²) in [5, 5.41) is 13.5. The number of methoxy groups -OCH3 is 1. The second-order valence-corrected chi connectivity index (χ2v) is 5.23. The molecular weight excluding hydrogens is 254 g/mol. The molecule has 0 spiro atoms. The van der Waals surface area contributed by atoms with Crippen LogP contribution in [0.2, 0.25) is 0 Å². The molecule has 0 amide bonds. The molecule has 7 nitrogen and oxygen atoms in total. The molecule has 2 aromatic heterocycles. The van der Waals surface area contributed by atoms with E-state index in [1.54, 1.807) is 11.6 Å². The lowest BCUT2D eigenvalue weighted by Crippen LogP contribution is -2.18. The molecule has 0 bridgehead atoms. The third kappa shape index (κ3) is 2.01. The molecule has 2 unspecified atom stereocenters. The molecule has 0 aliphatic carbocycles. The Kier molecular flexibility index (Phi) is 3.25. The van der Waals surface area contributed by atoms with Crippen LogP contribution in [0.4, 0.5) is 0 Å². The van der Waals surface area contributed by atoms with Crippen molar-refractivity contribution < 1.29 is 9.47 Å². The van der Waals surface area contributed by atoms with Gasteiger partial charge in [0.05, 0.1) is 6.10 Å². The first-order valence-corrected chi connectivity index (χ1v) is 6.69. The van der Waals surface area contributed by atoms with E-state index in [1.165, 1.54) is 11.3 Å². The second-order valence-electron chi connectivity index (χ2n) is 4.24. The lowest BCUT2D eigenvalue weighted by molar-refractivity contribution is 0.0491. The van der Waals surface area contributed by atoms with E-state index in [9.17, 15) is 0 Å². The third-order valence-corrected chi connectivity index (χ3v) is 3.98. The van der Waals surface area contributed by atoms with Gasteiger partial charge in [0.2, 0.25) is 4.96 Å². The Bertz CT molecular complexity index is 539. The number of hydrogen-bond donors (Lipinski definition) is 1. The van der Waals surface area contributed by atoms with E-state index in [0.717, 1.165) is 22.8 Å². The molecule has 3 heterocycles. The zero-order chi connectivity index (χ0) is 12.5. The van der Waals surface area contributed by atoms with E-state index in [4.69, 9.17) is 15.2 Å². The molecule has 1 aliphatic heterocycles. The molecule has 2 aromatic rings. The predicted molar refractivity (Wildman–Crippen MR) is 65.3 cm³/mol. The number of nitrogens with two attached hydrogens (primary N) is 1. The Hall–Kier alpha value is -1.09. The van der Waals surface area contributed by atoms with Crippen LogP contribution in [0.25, 0.3) is 4.96 Å². The monoisotopic (exact) mass is 269 g/mol. The van der Waals surface area contributed by atoms with Crippen LogP contribution in [0.15, 0.2) is 0 Å². The van der Waals surface area contributed by atoms with E-state index in [-0.39, 0.29) is 12.2 Å². The molecule has 0 saturated carbocycles. The fraction of sp³-hybridized carbons (Fsp3) is 0.700. The van der Waals surface area contributed by atoms with Gasteiger partial charge in [-0.3, -0.25) is 0 Å². The van der Waals surface area contributed by atoms with E-state index in [2.05, 4.69) is 15.3 Å². The molecule has 1 fully saturated rings. The summed E-state index contributed by atoms with van der Waals surface area (Å²) in [7, 11) is 1.63. The fourth-order valence-corrected chi connectivity index (χ4v) is 3.01. The van der Waals surface area contributed by atoms with Gasteiger partial charge in [-0.1, -0.05) is 11.3 Å². The van der Waals surface area contributed by atoms with Gasteiger partial charge >= 0.3 is 0 Å². The van der Waals surface area contributed by atoms with Gasteiger partial charge in [-0.25, -0.2) is 0 Å². The van der Waals surface area contributed by atoms with E-state index < -0.39 is 0 Å². The van der Waals surface area contributed by atoms with Crippen molar-refractivity contribution in [1.82, 2.24) is 19.8 Å². The fourth-order valence-electron chi connectivity index (χ4n) is 2.08. The predicted octanol–water partition coefficient (Wildman–Crippen LogP) is 0.511. The van der Waals surface area contributed by atoms with Gasteiger partial charge in [0.1, 0.15) is 17.7 Å². The van der Waals surface area contributed by atoms with E-state index in [0.29, 0.717) is 19.0 Å². The van der Waals surface area contributed by atoms with Gasteiger partial charge in [0, 0.05) is 13.7 Å². The summed E-state index contributed by atoms with van der Waals surface area (Å²) < 4.78 is 12.6. The first-order valence-electron chi connectivity index (χ1n) is 5.87. The summed E-state index contributed by atoms with van der Waals surface area (Å²) in [6.07, 6.45) is 2.15. The largest absolute Gasteiger partial charge is 0.377 e. The molecule has 1 saturated heterocycles. The van der Waals surface area contributed by atoms with Crippen LogP contribution in [-0.2, 0) is 16.1 Å². The van der Waals surface area contributed by atoms with Crippen LogP contribution >= 0.6 is 11.3 Å². The number of hydrogen-bond acceptors (Lipinski definition) is 7. The standard InChI is InChI=1S/C10H15N5O2S/c1-16-5-8-12-13-10-15(8)14-9(18-10)7-3-2-6(4-11)17-7/h6-7H,2-5,11H2,1H3. The van der Waals surface area contributed by atoms with Crippen molar-refractivity contribution >= 4 is 16.3 Å². The van der Waals surface area contributed by atoms with E-state index >= 15 is 0 Å². The highest BCUT2D eigenvalue weighted by Crippen LogP contribution is 2.34. The van der Waals surface area contributed by atoms with Crippen molar-refractivity contribution in [2.45, 2.75) is 31.7 Å². The summed E-state index contributed by atoms with van der Waals surface area (Å²) in [6.45, 7) is 0.969. The van der Waals surface area contributed by atoms with Crippen LogP contribution in [-0.4, -0.2) is 39.6 Å². The summed E-state index contributed by atoms with van der Waals surface area (Å²) in [4.78, 5) is 0.775. The summed E-state index contributed by atoms with van der Waals surface area (Å²) in [5.74, 6) is 0.711. The Labute approximate surface area is 108 Å². The molecule has 0 aromatic carbocycles. The van der Waals surface area contributed by atoms with Crippen LogP contribution < -0.4 is 5.73 Å². The molecule has 2 N–H and O–H groups in total. The van der Waals surface area contributed by atoms with Gasteiger partial charge in [0.25, 0.3) is 0 Å². The highest BCUT2D eigenvalue weighted by molar-refractivity contribution is 7.16. The topological polar surface area (TPSA) is 87.6 Å². The summed E-state index contributed by atoms with van der Waals surface area (Å²) in [6, 6.07) is 0. The highest BCUT2D eigenvalue weighted by Gasteiger charge is 2.29. The zero-order valence-electron chi connectivity index (χ0n) is 10.1. The number of rotatable bonds is 4. The third-order valence-electron chi connectivity index (χ3n) is 2.99. The minimum Gasteiger partial charge on any atom is -0.377 e. The van der Waals surface area contributed by atoms with Crippen LogP contribution in [0.5, 0.6) is 0 Å². The van der Waals surface area contributed by atoms with Crippen molar-refractivity contribution in [2.24, 2.45) is 5.73 Å². The van der Waals surface area contributed by atoms with Crippen LogP contribution in [0, 0.1) is 0 Å². The van der Waals surface area contributed by atoms with Crippen molar-refractivity contribution in [1.29, 1.82) is 0 Å². The number of aromatic nitrogens is 4. The average Bonchev–Trinajstić information content (AvgIpc) is 3.04. The summed E-state index contributed by atoms with van der Waals surface area (Å²) >= 11 is 1.51. The lowest BCUT2D eigenvalue weighted by Gasteiger charge is -2.08. The smallest absolute Gasteiger partial charge is 0.234 e. The lowest BCUT2D eigenvalue weighted by atomic mass is 10.2. The van der Waals surface area contributed by atoms with Gasteiger partial charge in [0.15, 0.2) is 5.82 Å². The quantitative estimate of drug-likeness (QED) is 0.870. The first kappa shape index (κ1) is 12.0. The Morgan fingerprint density at radius 3 is 3.11 bits per heavy atom. The van der Waals surface area contributed by atoms with Crippen LogP contribution in [0.1, 0.15) is 29.8 Å². The molecule has 3 rings (SSSR count). The maximum atomic E-state index is 5.83. The van der Waals surface area contributed by atoms with Crippen molar-refractivity contribution in [3.63, 3.8) is 0 Å². The number of nitrogens with zero attached hydrogens (tertiary/aromatic N) is 4. The molecule has 0 radical (unpaired) electrons. The molecule has 8 heteroatoms. The Morgan fingerprint density at radius 2 is 2.39 bits per heavy atom. The maximum absolute atomic E-state index is 5.83. The normalized spacial score (nSPS) is 24.1. The maximum Gasteiger partial charge on any atom is 0.234 e. The van der Waals surface area contributed by atoms with Crippen LogP contribution in [0.3, 0.4) is 0 Å². The van der Waals surface area contributed by atoms with E-state index in [1.807, 2.05) is 0 Å². The number of fused-ring (bicyclic) bond motifs is 1. The van der Waals surface area contributed by atoms with Crippen molar-refractivity contribution in [2.75, 3.05) is 13.7 Å². The Morgan fingerprint density at radius 1 is 1.50 bits per heavy atom. The van der Waals surface area contributed by atoms with Crippen molar-refractivity contribution in [3.05, 3.63) is 10.8 Å². The molecule has 1 aliphatic rings. The van der Waals surface area contributed by atoms with Gasteiger partial charge in [-0.05, 0) is 12.8 Å². The average molecular weight is 269 g/mol. The second kappa shape index (κ2) is 4.88. The van der Waals surface area contributed by atoms with Gasteiger partial charge in [-0.15, -0.1) is 10.2 Å². The molecule has 18 heavy (non-hydrogen) atoms. The Balaban J connectivity index is 1.85. The zero-order valence-corrected chi connectivity index (χ0v) is 10.9. The molecule has 98 valence electrons. The number of ether oxygens (including phenoxy) is 2. The SMILES string of the molecule is COCc1nnc2sc(C3CCC(CN)O3)nn12. The minimum absolute atomic E-state index is 0.0423.